The van der Waals surface area contributed by atoms with Crippen LogP contribution < -0.4 is 16.0 Å². The molecule has 4 N–H and O–H groups in total. The van der Waals surface area contributed by atoms with Crippen LogP contribution in [-0.2, 0) is 23.0 Å². The Morgan fingerprint density at radius 3 is 2.05 bits per heavy atom. The van der Waals surface area contributed by atoms with E-state index in [-0.39, 0.29) is 11.4 Å². The van der Waals surface area contributed by atoms with Gasteiger partial charge in [-0.2, -0.15) is 0 Å². The number of sulfonamides is 1. The highest BCUT2D eigenvalue weighted by Gasteiger charge is 2.13. The molecule has 0 heterocycles. The van der Waals surface area contributed by atoms with Crippen molar-refractivity contribution in [1.29, 1.82) is 0 Å². The van der Waals surface area contributed by atoms with Crippen LogP contribution in [0.3, 0.4) is 0 Å². The summed E-state index contributed by atoms with van der Waals surface area (Å²) < 4.78 is 26.9. The van der Waals surface area contributed by atoms with Crippen molar-refractivity contribution >= 4 is 15.7 Å². The summed E-state index contributed by atoms with van der Waals surface area (Å²) >= 11 is 0. The van der Waals surface area contributed by atoms with Crippen LogP contribution in [0.5, 0.6) is 0 Å². The third-order valence-electron chi connectivity index (χ3n) is 3.23. The van der Waals surface area contributed by atoms with Crippen LogP contribution in [0.4, 0.5) is 5.69 Å². The van der Waals surface area contributed by atoms with Crippen molar-refractivity contribution in [3.8, 4) is 0 Å². The van der Waals surface area contributed by atoms with Crippen LogP contribution in [0.15, 0.2) is 53.4 Å². The molecule has 2 aromatic carbocycles. The number of hydrazine groups is 1. The monoisotopic (exact) mass is 305 g/mol. The molecule has 2 rings (SSSR count). The van der Waals surface area contributed by atoms with Crippen molar-refractivity contribution in [2.24, 2.45) is 5.84 Å². The second-order valence-corrected chi connectivity index (χ2v) is 6.43. The van der Waals surface area contributed by atoms with Crippen LogP contribution in [0.2, 0.25) is 0 Å². The Kier molecular flexibility index (Phi) is 4.95. The highest BCUT2D eigenvalue weighted by Crippen LogP contribution is 2.13. The average Bonchev–Trinajstić information content (AvgIpc) is 2.53. The summed E-state index contributed by atoms with van der Waals surface area (Å²) in [5.41, 5.74) is 5.27. The van der Waals surface area contributed by atoms with Gasteiger partial charge in [0.25, 0.3) is 0 Å². The van der Waals surface area contributed by atoms with E-state index in [1.54, 1.807) is 12.1 Å². The molecule has 6 heteroatoms. The fourth-order valence-electron chi connectivity index (χ4n) is 1.88. The molecule has 0 spiro atoms. The summed E-state index contributed by atoms with van der Waals surface area (Å²) in [7, 11) is -3.52. The Morgan fingerprint density at radius 2 is 1.52 bits per heavy atom. The van der Waals surface area contributed by atoms with Gasteiger partial charge >= 0.3 is 0 Å². The molecule has 5 nitrogen and oxygen atoms in total. The SMILES string of the molecule is CCc1ccc(CNS(=O)(=O)c2ccc(NN)cc2)cc1. The molecular formula is C15H19N3O2S. The minimum absolute atomic E-state index is 0.215. The number of nitrogens with one attached hydrogen (secondary N) is 2. The zero-order valence-corrected chi connectivity index (χ0v) is 12.7. The Hall–Kier alpha value is -1.89. The molecule has 0 fully saturated rings. The summed E-state index contributed by atoms with van der Waals surface area (Å²) in [6.45, 7) is 2.35. The fraction of sp³-hybridized carbons (Fsp3) is 0.200. The van der Waals surface area contributed by atoms with E-state index in [9.17, 15) is 8.42 Å². The van der Waals surface area contributed by atoms with Crippen molar-refractivity contribution in [3.63, 3.8) is 0 Å². The summed E-state index contributed by atoms with van der Waals surface area (Å²) in [4.78, 5) is 0.215. The first-order valence-electron chi connectivity index (χ1n) is 6.69. The second kappa shape index (κ2) is 6.71. The minimum Gasteiger partial charge on any atom is -0.324 e. The Bertz CT molecular complexity index is 680. The van der Waals surface area contributed by atoms with Crippen molar-refractivity contribution in [1.82, 2.24) is 4.72 Å². The lowest BCUT2D eigenvalue weighted by Gasteiger charge is -2.08. The highest BCUT2D eigenvalue weighted by atomic mass is 32.2. The lowest BCUT2D eigenvalue weighted by atomic mass is 10.1. The van der Waals surface area contributed by atoms with Gasteiger partial charge in [-0.1, -0.05) is 31.2 Å². The van der Waals surface area contributed by atoms with E-state index in [1.165, 1.54) is 17.7 Å². The van der Waals surface area contributed by atoms with Gasteiger partial charge < -0.3 is 5.43 Å². The number of nitrogens with two attached hydrogens (primary N) is 1. The van der Waals surface area contributed by atoms with Gasteiger partial charge in [0.1, 0.15) is 0 Å². The Morgan fingerprint density at radius 1 is 0.952 bits per heavy atom. The predicted molar refractivity (Wildman–Crippen MR) is 84.1 cm³/mol. The van der Waals surface area contributed by atoms with Crippen LogP contribution in [0, 0.1) is 0 Å². The third-order valence-corrected chi connectivity index (χ3v) is 4.65. The highest BCUT2D eigenvalue weighted by molar-refractivity contribution is 7.89. The standard InChI is InChI=1S/C15H19N3O2S/c1-2-12-3-5-13(6-4-12)11-17-21(19,20)15-9-7-14(18-16)8-10-15/h3-10,17-18H,2,11,16H2,1H3. The van der Waals surface area contributed by atoms with E-state index in [2.05, 4.69) is 17.1 Å². The van der Waals surface area contributed by atoms with Gasteiger partial charge in [-0.25, -0.2) is 13.1 Å². The molecule has 0 aromatic heterocycles. The van der Waals surface area contributed by atoms with E-state index >= 15 is 0 Å². The van der Waals surface area contributed by atoms with Gasteiger partial charge in [0.15, 0.2) is 0 Å². The third kappa shape index (κ3) is 4.04. The lowest BCUT2D eigenvalue weighted by molar-refractivity contribution is 0.581. The molecule has 0 saturated carbocycles. The van der Waals surface area contributed by atoms with Crippen LogP contribution in [-0.4, -0.2) is 8.42 Å². The first-order chi connectivity index (χ1) is 10.0. The molecule has 0 bridgehead atoms. The van der Waals surface area contributed by atoms with Gasteiger partial charge in [0, 0.05) is 12.2 Å². The molecule has 21 heavy (non-hydrogen) atoms. The van der Waals surface area contributed by atoms with Crippen molar-refractivity contribution < 1.29 is 8.42 Å². The van der Waals surface area contributed by atoms with Crippen molar-refractivity contribution in [3.05, 3.63) is 59.7 Å². The minimum atomic E-state index is -3.52. The van der Waals surface area contributed by atoms with Crippen molar-refractivity contribution in [2.45, 2.75) is 24.8 Å². The number of nitrogen functional groups attached to an aromatic ring is 1. The van der Waals surface area contributed by atoms with Crippen molar-refractivity contribution in [2.75, 3.05) is 5.43 Å². The van der Waals surface area contributed by atoms with Crippen LogP contribution in [0.1, 0.15) is 18.1 Å². The van der Waals surface area contributed by atoms with E-state index in [1.807, 2.05) is 24.3 Å². The number of hydrogen-bond donors (Lipinski definition) is 3. The smallest absolute Gasteiger partial charge is 0.240 e. The topological polar surface area (TPSA) is 84.2 Å². The number of rotatable bonds is 6. The summed E-state index contributed by atoms with van der Waals surface area (Å²) in [5.74, 6) is 5.25. The van der Waals surface area contributed by atoms with Gasteiger partial charge in [-0.3, -0.25) is 5.84 Å². The molecule has 0 saturated heterocycles. The molecule has 0 aliphatic heterocycles. The van der Waals surface area contributed by atoms with E-state index in [0.717, 1.165) is 12.0 Å². The van der Waals surface area contributed by atoms with Gasteiger partial charge in [0.05, 0.1) is 4.90 Å². The maximum absolute atomic E-state index is 12.2. The molecule has 112 valence electrons. The average molecular weight is 305 g/mol. The molecule has 0 radical (unpaired) electrons. The molecule has 2 aromatic rings. The summed E-state index contributed by atoms with van der Waals surface area (Å²) in [6.07, 6.45) is 0.966. The molecule has 0 amide bonds. The zero-order valence-electron chi connectivity index (χ0n) is 11.8. The lowest BCUT2D eigenvalue weighted by Crippen LogP contribution is -2.23. The molecule has 0 unspecified atom stereocenters. The maximum atomic E-state index is 12.2. The molecule has 0 aliphatic rings. The van der Waals surface area contributed by atoms with E-state index in [4.69, 9.17) is 5.84 Å². The first-order valence-corrected chi connectivity index (χ1v) is 8.17. The Labute approximate surface area is 125 Å². The number of aryl methyl sites for hydroxylation is 1. The second-order valence-electron chi connectivity index (χ2n) is 4.66. The Balaban J connectivity index is 2.05. The number of hydrogen-bond acceptors (Lipinski definition) is 4. The van der Waals surface area contributed by atoms with E-state index in [0.29, 0.717) is 5.69 Å². The predicted octanol–water partition coefficient (Wildman–Crippen LogP) is 2.01. The zero-order chi connectivity index (χ0) is 15.3. The summed E-state index contributed by atoms with van der Waals surface area (Å²) in [5, 5.41) is 0. The number of benzene rings is 2. The fourth-order valence-corrected chi connectivity index (χ4v) is 2.90. The van der Waals surface area contributed by atoms with E-state index < -0.39 is 10.0 Å². The molecular weight excluding hydrogens is 286 g/mol. The largest absolute Gasteiger partial charge is 0.324 e. The summed E-state index contributed by atoms with van der Waals surface area (Å²) in [6, 6.07) is 14.1. The van der Waals surface area contributed by atoms with Gasteiger partial charge in [-0.05, 0) is 41.8 Å². The molecule has 0 atom stereocenters. The maximum Gasteiger partial charge on any atom is 0.240 e. The normalized spacial score (nSPS) is 11.3. The molecule has 0 aliphatic carbocycles. The van der Waals surface area contributed by atoms with Crippen LogP contribution >= 0.6 is 0 Å². The first kappa shape index (κ1) is 15.5. The van der Waals surface area contributed by atoms with Crippen LogP contribution in [0.25, 0.3) is 0 Å². The quantitative estimate of drug-likeness (QED) is 0.563. The van der Waals surface area contributed by atoms with Gasteiger partial charge in [0.2, 0.25) is 10.0 Å². The number of anilines is 1. The van der Waals surface area contributed by atoms with Gasteiger partial charge in [-0.15, -0.1) is 0 Å².